The Labute approximate surface area is 161 Å². The van der Waals surface area contributed by atoms with E-state index in [0.717, 1.165) is 16.3 Å². The van der Waals surface area contributed by atoms with Gasteiger partial charge in [0.25, 0.3) is 5.91 Å². The van der Waals surface area contributed by atoms with E-state index >= 15 is 0 Å². The molecule has 2 N–H and O–H groups in total. The van der Waals surface area contributed by atoms with Crippen LogP contribution in [0.2, 0.25) is 0 Å². The highest BCUT2D eigenvalue weighted by Gasteiger charge is 2.23. The molecule has 0 aliphatic carbocycles. The van der Waals surface area contributed by atoms with Crippen molar-refractivity contribution < 1.29 is 14.0 Å². The van der Waals surface area contributed by atoms with Crippen molar-refractivity contribution in [1.29, 1.82) is 5.26 Å². The van der Waals surface area contributed by atoms with Gasteiger partial charge in [-0.05, 0) is 28.5 Å². The molecule has 0 saturated heterocycles. The lowest BCUT2D eigenvalue weighted by atomic mass is 10.0. The number of hydrogen-bond acceptors (Lipinski definition) is 3. The maximum atomic E-state index is 13.9. The summed E-state index contributed by atoms with van der Waals surface area (Å²) in [5, 5.41) is 15.8. The van der Waals surface area contributed by atoms with Gasteiger partial charge in [0.2, 0.25) is 5.91 Å². The Hall–Kier alpha value is -3.72. The normalized spacial score (nSPS) is 11.4. The summed E-state index contributed by atoms with van der Waals surface area (Å²) in [5.74, 6) is -1.85. The smallest absolute Gasteiger partial charge is 0.254 e. The van der Waals surface area contributed by atoms with Crippen LogP contribution in [-0.2, 0) is 11.2 Å². The van der Waals surface area contributed by atoms with Crippen LogP contribution < -0.4 is 10.6 Å². The Balaban J connectivity index is 1.83. The minimum atomic E-state index is -0.943. The van der Waals surface area contributed by atoms with Crippen molar-refractivity contribution in [3.63, 3.8) is 0 Å². The standard InChI is InChI=1S/C22H18FN3O2/c23-19-8-4-3-7-18(19)21(27)26-20(22(28)25-12-11-24)14-15-9-10-16-5-1-2-6-17(16)13-15/h1-10,13,20H,12,14H2,(H,25,28)(H,26,27). The van der Waals surface area contributed by atoms with Crippen molar-refractivity contribution in [3.8, 4) is 6.07 Å². The predicted octanol–water partition coefficient (Wildman–Crippen LogP) is 2.96. The summed E-state index contributed by atoms with van der Waals surface area (Å²) in [7, 11) is 0. The average molecular weight is 375 g/mol. The molecule has 5 nitrogen and oxygen atoms in total. The van der Waals surface area contributed by atoms with E-state index < -0.39 is 23.7 Å². The molecule has 0 bridgehead atoms. The first-order valence-corrected chi connectivity index (χ1v) is 8.76. The molecule has 0 heterocycles. The summed E-state index contributed by atoms with van der Waals surface area (Å²) in [6.45, 7) is -0.178. The summed E-state index contributed by atoms with van der Waals surface area (Å²) < 4.78 is 13.9. The molecule has 3 rings (SSSR count). The van der Waals surface area contributed by atoms with Crippen LogP contribution in [0.15, 0.2) is 66.7 Å². The largest absolute Gasteiger partial charge is 0.341 e. The Bertz CT molecular complexity index is 1060. The molecule has 2 amide bonds. The molecular formula is C22H18FN3O2. The number of hydrogen-bond donors (Lipinski definition) is 2. The number of carbonyl (C=O) groups is 2. The first kappa shape index (κ1) is 19.1. The average Bonchev–Trinajstić information content (AvgIpc) is 2.71. The first-order chi connectivity index (χ1) is 13.6. The summed E-state index contributed by atoms with van der Waals surface area (Å²) in [5.41, 5.74) is 0.698. The number of rotatable bonds is 6. The molecule has 1 unspecified atom stereocenters. The van der Waals surface area contributed by atoms with E-state index in [1.807, 2.05) is 48.5 Å². The second-order valence-corrected chi connectivity index (χ2v) is 6.27. The van der Waals surface area contributed by atoms with Crippen LogP contribution in [0.25, 0.3) is 10.8 Å². The molecule has 0 saturated carbocycles. The second-order valence-electron chi connectivity index (χ2n) is 6.27. The highest BCUT2D eigenvalue weighted by atomic mass is 19.1. The number of nitrogens with one attached hydrogen (secondary N) is 2. The Kier molecular flexibility index (Phi) is 5.97. The Morgan fingerprint density at radius 3 is 2.46 bits per heavy atom. The first-order valence-electron chi connectivity index (χ1n) is 8.76. The fourth-order valence-electron chi connectivity index (χ4n) is 2.94. The number of nitrogens with zero attached hydrogens (tertiary/aromatic N) is 1. The van der Waals surface area contributed by atoms with E-state index in [0.29, 0.717) is 0 Å². The lowest BCUT2D eigenvalue weighted by Gasteiger charge is -2.18. The van der Waals surface area contributed by atoms with E-state index in [1.54, 1.807) is 6.07 Å². The van der Waals surface area contributed by atoms with Crippen molar-refractivity contribution in [3.05, 3.63) is 83.7 Å². The number of halogens is 1. The van der Waals surface area contributed by atoms with Gasteiger partial charge in [-0.2, -0.15) is 5.26 Å². The topological polar surface area (TPSA) is 82.0 Å². The van der Waals surface area contributed by atoms with Crippen LogP contribution in [0.5, 0.6) is 0 Å². The minimum Gasteiger partial charge on any atom is -0.341 e. The third-order valence-corrected chi connectivity index (χ3v) is 4.34. The minimum absolute atomic E-state index is 0.140. The van der Waals surface area contributed by atoms with Gasteiger partial charge in [0, 0.05) is 6.42 Å². The Morgan fingerprint density at radius 2 is 1.71 bits per heavy atom. The molecule has 0 aliphatic heterocycles. The van der Waals surface area contributed by atoms with E-state index in [2.05, 4.69) is 10.6 Å². The van der Waals surface area contributed by atoms with Crippen molar-refractivity contribution >= 4 is 22.6 Å². The highest BCUT2D eigenvalue weighted by Crippen LogP contribution is 2.17. The zero-order chi connectivity index (χ0) is 19.9. The van der Waals surface area contributed by atoms with Crippen molar-refractivity contribution in [1.82, 2.24) is 10.6 Å². The van der Waals surface area contributed by atoms with Gasteiger partial charge in [-0.25, -0.2) is 4.39 Å². The monoisotopic (exact) mass is 375 g/mol. The van der Waals surface area contributed by atoms with E-state index in [9.17, 15) is 14.0 Å². The number of amides is 2. The fourth-order valence-corrected chi connectivity index (χ4v) is 2.94. The number of nitriles is 1. The molecule has 140 valence electrons. The third-order valence-electron chi connectivity index (χ3n) is 4.34. The number of fused-ring (bicyclic) bond motifs is 1. The van der Waals surface area contributed by atoms with Crippen molar-refractivity contribution in [2.24, 2.45) is 0 Å². The summed E-state index contributed by atoms with van der Waals surface area (Å²) >= 11 is 0. The lowest BCUT2D eigenvalue weighted by molar-refractivity contribution is -0.122. The molecule has 0 radical (unpaired) electrons. The molecule has 28 heavy (non-hydrogen) atoms. The van der Waals surface area contributed by atoms with E-state index in [1.165, 1.54) is 18.2 Å². The van der Waals surface area contributed by atoms with E-state index in [-0.39, 0.29) is 18.5 Å². The van der Waals surface area contributed by atoms with Gasteiger partial charge in [0.1, 0.15) is 18.4 Å². The van der Waals surface area contributed by atoms with Gasteiger partial charge in [0.15, 0.2) is 0 Å². The van der Waals surface area contributed by atoms with Crippen LogP contribution in [0, 0.1) is 17.1 Å². The van der Waals surface area contributed by atoms with Crippen molar-refractivity contribution in [2.75, 3.05) is 6.54 Å². The lowest BCUT2D eigenvalue weighted by Crippen LogP contribution is -2.48. The van der Waals surface area contributed by atoms with Crippen LogP contribution >= 0.6 is 0 Å². The van der Waals surface area contributed by atoms with Crippen LogP contribution in [-0.4, -0.2) is 24.4 Å². The van der Waals surface area contributed by atoms with Crippen LogP contribution in [0.1, 0.15) is 15.9 Å². The molecule has 1 atom stereocenters. The molecule has 3 aromatic carbocycles. The molecule has 0 spiro atoms. The number of benzene rings is 3. The molecule has 6 heteroatoms. The third kappa shape index (κ3) is 4.51. The SMILES string of the molecule is N#CCNC(=O)C(Cc1ccc2ccccc2c1)NC(=O)c1ccccc1F. The molecule has 0 fully saturated rings. The quantitative estimate of drug-likeness (QED) is 0.650. The summed E-state index contributed by atoms with van der Waals surface area (Å²) in [6, 6.07) is 20.0. The van der Waals surface area contributed by atoms with Gasteiger partial charge >= 0.3 is 0 Å². The van der Waals surface area contributed by atoms with Gasteiger partial charge < -0.3 is 10.6 Å². The number of carbonyl (C=O) groups excluding carboxylic acids is 2. The Morgan fingerprint density at radius 1 is 1.00 bits per heavy atom. The summed E-state index contributed by atoms with van der Waals surface area (Å²) in [6.07, 6.45) is 0.211. The van der Waals surface area contributed by atoms with Gasteiger partial charge in [0.05, 0.1) is 11.6 Å². The second kappa shape index (κ2) is 8.78. The van der Waals surface area contributed by atoms with Crippen LogP contribution in [0.3, 0.4) is 0 Å². The van der Waals surface area contributed by atoms with Crippen molar-refractivity contribution in [2.45, 2.75) is 12.5 Å². The van der Waals surface area contributed by atoms with Gasteiger partial charge in [-0.3, -0.25) is 9.59 Å². The zero-order valence-electron chi connectivity index (χ0n) is 15.0. The zero-order valence-corrected chi connectivity index (χ0v) is 15.0. The highest BCUT2D eigenvalue weighted by molar-refractivity contribution is 5.98. The maximum Gasteiger partial charge on any atom is 0.254 e. The van der Waals surface area contributed by atoms with Gasteiger partial charge in [-0.1, -0.05) is 54.6 Å². The summed E-state index contributed by atoms with van der Waals surface area (Å²) in [4.78, 5) is 24.9. The van der Waals surface area contributed by atoms with Gasteiger partial charge in [-0.15, -0.1) is 0 Å². The fraction of sp³-hybridized carbons (Fsp3) is 0.136. The molecule has 3 aromatic rings. The van der Waals surface area contributed by atoms with Crippen LogP contribution in [0.4, 0.5) is 4.39 Å². The molecule has 0 aromatic heterocycles. The van der Waals surface area contributed by atoms with E-state index in [4.69, 9.17) is 5.26 Å². The molecule has 0 aliphatic rings. The maximum absolute atomic E-state index is 13.9. The predicted molar refractivity (Wildman–Crippen MR) is 104 cm³/mol. The molecular weight excluding hydrogens is 357 g/mol.